The fourth-order valence-corrected chi connectivity index (χ4v) is 3.07. The van der Waals surface area contributed by atoms with Gasteiger partial charge in [0, 0.05) is 24.4 Å². The highest BCUT2D eigenvalue weighted by Gasteiger charge is 2.10. The van der Waals surface area contributed by atoms with E-state index in [0.717, 1.165) is 54.3 Å². The molecular weight excluding hydrogens is 282 g/mol. The minimum Gasteiger partial charge on any atom is -0.379 e. The van der Waals surface area contributed by atoms with Crippen molar-refractivity contribution in [2.75, 3.05) is 18.5 Å². The van der Waals surface area contributed by atoms with Crippen molar-refractivity contribution in [2.24, 2.45) is 0 Å². The van der Waals surface area contributed by atoms with Crippen LogP contribution in [0.3, 0.4) is 0 Å². The van der Waals surface area contributed by atoms with E-state index in [4.69, 9.17) is 4.74 Å². The molecule has 0 aromatic carbocycles. The van der Waals surface area contributed by atoms with E-state index in [0.29, 0.717) is 6.10 Å². The molecule has 0 bridgehead atoms. The second kappa shape index (κ2) is 7.71. The number of thiophene rings is 1. The van der Waals surface area contributed by atoms with Crippen LogP contribution in [0.1, 0.15) is 44.8 Å². The number of ether oxygens (including phenoxy) is 1. The van der Waals surface area contributed by atoms with Gasteiger partial charge in [0.2, 0.25) is 0 Å². The Balaban J connectivity index is 2.08. The van der Waals surface area contributed by atoms with Gasteiger partial charge in [-0.3, -0.25) is 0 Å². The molecule has 2 heterocycles. The van der Waals surface area contributed by atoms with Crippen LogP contribution in [0.4, 0.5) is 5.82 Å². The Bertz CT molecular complexity index is 580. The fraction of sp³-hybridized carbons (Fsp3) is 0.625. The number of hydrogen-bond donors (Lipinski definition) is 1. The van der Waals surface area contributed by atoms with E-state index < -0.39 is 0 Å². The minimum absolute atomic E-state index is 0.298. The van der Waals surface area contributed by atoms with Crippen molar-refractivity contribution >= 4 is 27.4 Å². The summed E-state index contributed by atoms with van der Waals surface area (Å²) in [7, 11) is 0. The average molecular weight is 307 g/mol. The zero-order chi connectivity index (χ0) is 15.2. The Hall–Kier alpha value is -1.20. The van der Waals surface area contributed by atoms with Gasteiger partial charge in [0.1, 0.15) is 16.5 Å². The fourth-order valence-electron chi connectivity index (χ4n) is 2.08. The molecule has 5 heteroatoms. The number of fused-ring (bicyclic) bond motifs is 1. The third-order valence-corrected chi connectivity index (χ3v) is 4.39. The normalized spacial score (nSPS) is 11.5. The van der Waals surface area contributed by atoms with Crippen molar-refractivity contribution in [3.8, 4) is 0 Å². The average Bonchev–Trinajstić information content (AvgIpc) is 2.89. The first kappa shape index (κ1) is 16.2. The first-order valence-electron chi connectivity index (χ1n) is 7.78. The van der Waals surface area contributed by atoms with E-state index in [2.05, 4.69) is 49.0 Å². The van der Waals surface area contributed by atoms with Gasteiger partial charge in [-0.15, -0.1) is 11.3 Å². The largest absolute Gasteiger partial charge is 0.379 e. The van der Waals surface area contributed by atoms with Crippen molar-refractivity contribution < 1.29 is 4.74 Å². The van der Waals surface area contributed by atoms with E-state index in [9.17, 15) is 0 Å². The summed E-state index contributed by atoms with van der Waals surface area (Å²) in [4.78, 5) is 11.7. The number of hydrogen-bond acceptors (Lipinski definition) is 5. The van der Waals surface area contributed by atoms with Crippen LogP contribution in [-0.4, -0.2) is 29.2 Å². The van der Waals surface area contributed by atoms with E-state index >= 15 is 0 Å². The Morgan fingerprint density at radius 1 is 1.24 bits per heavy atom. The summed E-state index contributed by atoms with van der Waals surface area (Å²) in [5, 5.41) is 4.60. The van der Waals surface area contributed by atoms with Crippen LogP contribution in [0.25, 0.3) is 10.2 Å². The highest BCUT2D eigenvalue weighted by molar-refractivity contribution is 7.18. The monoisotopic (exact) mass is 307 g/mol. The Labute approximate surface area is 131 Å². The molecule has 2 rings (SSSR count). The van der Waals surface area contributed by atoms with Crippen LogP contribution in [0.15, 0.2) is 6.07 Å². The lowest BCUT2D eigenvalue weighted by Gasteiger charge is -2.10. The molecule has 0 atom stereocenters. The van der Waals surface area contributed by atoms with Crippen LogP contribution in [0.2, 0.25) is 0 Å². The first-order valence-corrected chi connectivity index (χ1v) is 8.60. The number of anilines is 1. The zero-order valence-electron chi connectivity index (χ0n) is 13.4. The van der Waals surface area contributed by atoms with Gasteiger partial charge in [-0.2, -0.15) is 0 Å². The van der Waals surface area contributed by atoms with Crippen LogP contribution in [-0.2, 0) is 17.6 Å². The SMILES string of the molecule is CCc1nc(NCCCOC(C)C)c2cc(CC)sc2n1. The van der Waals surface area contributed by atoms with E-state index in [-0.39, 0.29) is 0 Å². The lowest BCUT2D eigenvalue weighted by molar-refractivity contribution is 0.0787. The maximum atomic E-state index is 5.56. The number of aryl methyl sites for hydroxylation is 2. The highest BCUT2D eigenvalue weighted by atomic mass is 32.1. The molecule has 0 unspecified atom stereocenters. The summed E-state index contributed by atoms with van der Waals surface area (Å²) in [6.45, 7) is 10.0. The van der Waals surface area contributed by atoms with Gasteiger partial charge >= 0.3 is 0 Å². The molecule has 0 spiro atoms. The van der Waals surface area contributed by atoms with Gasteiger partial charge in [0.15, 0.2) is 0 Å². The number of rotatable bonds is 8. The molecule has 4 nitrogen and oxygen atoms in total. The lowest BCUT2D eigenvalue weighted by Crippen LogP contribution is -2.10. The van der Waals surface area contributed by atoms with Crippen LogP contribution in [0.5, 0.6) is 0 Å². The van der Waals surface area contributed by atoms with E-state index in [1.807, 2.05) is 0 Å². The van der Waals surface area contributed by atoms with Crippen molar-refractivity contribution in [2.45, 2.75) is 53.1 Å². The molecule has 1 N–H and O–H groups in total. The molecule has 0 fully saturated rings. The summed E-state index contributed by atoms with van der Waals surface area (Å²) in [5.41, 5.74) is 0. The van der Waals surface area contributed by atoms with E-state index in [1.165, 1.54) is 4.88 Å². The summed E-state index contributed by atoms with van der Waals surface area (Å²) in [5.74, 6) is 1.88. The molecular formula is C16H25N3OS. The molecule has 0 aliphatic rings. The van der Waals surface area contributed by atoms with Crippen molar-refractivity contribution in [1.82, 2.24) is 9.97 Å². The Morgan fingerprint density at radius 3 is 2.71 bits per heavy atom. The molecule has 0 saturated carbocycles. The standard InChI is InChI=1S/C16H25N3OS/c1-5-12-10-13-15(17-8-7-9-20-11(3)4)18-14(6-2)19-16(13)21-12/h10-11H,5-9H2,1-4H3,(H,17,18,19). The number of nitrogens with zero attached hydrogens (tertiary/aromatic N) is 2. The second-order valence-corrected chi connectivity index (χ2v) is 6.44. The summed E-state index contributed by atoms with van der Waals surface area (Å²) < 4.78 is 5.56. The molecule has 0 aliphatic heterocycles. The van der Waals surface area contributed by atoms with Crippen molar-refractivity contribution in [3.63, 3.8) is 0 Å². The summed E-state index contributed by atoms with van der Waals surface area (Å²) in [6, 6.07) is 2.21. The second-order valence-electron chi connectivity index (χ2n) is 5.33. The Morgan fingerprint density at radius 2 is 2.05 bits per heavy atom. The molecule has 0 aliphatic carbocycles. The molecule has 0 amide bonds. The zero-order valence-corrected chi connectivity index (χ0v) is 14.2. The predicted octanol–water partition coefficient (Wildman–Crippen LogP) is 4.04. The van der Waals surface area contributed by atoms with Crippen LogP contribution < -0.4 is 5.32 Å². The topological polar surface area (TPSA) is 47.0 Å². The van der Waals surface area contributed by atoms with Crippen molar-refractivity contribution in [3.05, 3.63) is 16.8 Å². The maximum Gasteiger partial charge on any atom is 0.138 e. The van der Waals surface area contributed by atoms with Crippen LogP contribution >= 0.6 is 11.3 Å². The quantitative estimate of drug-likeness (QED) is 0.748. The lowest BCUT2D eigenvalue weighted by atomic mass is 10.3. The van der Waals surface area contributed by atoms with Gasteiger partial charge < -0.3 is 10.1 Å². The Kier molecular flexibility index (Phi) is 5.94. The smallest absolute Gasteiger partial charge is 0.138 e. The molecule has 21 heavy (non-hydrogen) atoms. The third-order valence-electron chi connectivity index (χ3n) is 3.22. The highest BCUT2D eigenvalue weighted by Crippen LogP contribution is 2.29. The molecule has 2 aromatic heterocycles. The predicted molar refractivity (Wildman–Crippen MR) is 90.4 cm³/mol. The van der Waals surface area contributed by atoms with Gasteiger partial charge in [-0.1, -0.05) is 13.8 Å². The van der Waals surface area contributed by atoms with Gasteiger partial charge in [-0.05, 0) is 32.8 Å². The molecule has 0 saturated heterocycles. The molecule has 2 aromatic rings. The molecule has 0 radical (unpaired) electrons. The number of aromatic nitrogens is 2. The maximum absolute atomic E-state index is 5.56. The number of nitrogens with one attached hydrogen (secondary N) is 1. The van der Waals surface area contributed by atoms with Crippen LogP contribution in [0, 0.1) is 0 Å². The van der Waals surface area contributed by atoms with Gasteiger partial charge in [-0.25, -0.2) is 9.97 Å². The summed E-state index contributed by atoms with van der Waals surface area (Å²) in [6.07, 6.45) is 3.19. The van der Waals surface area contributed by atoms with Crippen molar-refractivity contribution in [1.29, 1.82) is 0 Å². The van der Waals surface area contributed by atoms with E-state index in [1.54, 1.807) is 11.3 Å². The van der Waals surface area contributed by atoms with Gasteiger partial charge in [0.05, 0.1) is 11.5 Å². The third kappa shape index (κ3) is 4.38. The minimum atomic E-state index is 0.298. The summed E-state index contributed by atoms with van der Waals surface area (Å²) >= 11 is 1.77. The first-order chi connectivity index (χ1) is 10.1. The van der Waals surface area contributed by atoms with Gasteiger partial charge in [0.25, 0.3) is 0 Å². The molecule has 116 valence electrons.